The van der Waals surface area contributed by atoms with E-state index in [1.165, 1.54) is 6.26 Å². The third-order valence-electron chi connectivity index (χ3n) is 2.75. The van der Waals surface area contributed by atoms with Crippen LogP contribution in [0.3, 0.4) is 0 Å². The molecule has 1 atom stereocenters. The van der Waals surface area contributed by atoms with Gasteiger partial charge in [-0.15, -0.1) is 0 Å². The molecule has 0 radical (unpaired) electrons. The van der Waals surface area contributed by atoms with Gasteiger partial charge in [0.1, 0.15) is 0 Å². The molecule has 0 aliphatic rings. The highest BCUT2D eigenvalue weighted by Gasteiger charge is 2.37. The molecule has 0 saturated heterocycles. The van der Waals surface area contributed by atoms with Crippen molar-refractivity contribution in [3.05, 3.63) is 30.1 Å². The minimum atomic E-state index is -3.20. The summed E-state index contributed by atoms with van der Waals surface area (Å²) in [4.78, 5) is 3.93. The number of rotatable bonds is 3. The number of hydrogen-bond acceptors (Lipinski definition) is 4. The molecule has 4 nitrogen and oxygen atoms in total. The molecule has 0 bridgehead atoms. The second-order valence-corrected chi connectivity index (χ2v) is 6.74. The average molecular weight is 228 g/mol. The van der Waals surface area contributed by atoms with Gasteiger partial charge in [-0.1, -0.05) is 6.07 Å². The van der Waals surface area contributed by atoms with Crippen molar-refractivity contribution in [2.45, 2.75) is 24.6 Å². The van der Waals surface area contributed by atoms with Crippen LogP contribution in [0.1, 0.15) is 25.5 Å². The maximum absolute atomic E-state index is 11.6. The Hall–Kier alpha value is -0.940. The number of nitrogens with zero attached hydrogens (tertiary/aromatic N) is 1. The summed E-state index contributed by atoms with van der Waals surface area (Å²) in [5.74, 6) is 0. The van der Waals surface area contributed by atoms with Crippen LogP contribution in [0.2, 0.25) is 0 Å². The molecular formula is C10H16N2O2S. The van der Waals surface area contributed by atoms with Crippen molar-refractivity contribution in [3.8, 4) is 0 Å². The van der Waals surface area contributed by atoms with Gasteiger partial charge in [0.05, 0.1) is 10.8 Å². The summed E-state index contributed by atoms with van der Waals surface area (Å²) < 4.78 is 22.1. The van der Waals surface area contributed by atoms with Gasteiger partial charge < -0.3 is 5.73 Å². The molecular weight excluding hydrogens is 212 g/mol. The van der Waals surface area contributed by atoms with Gasteiger partial charge in [-0.2, -0.15) is 0 Å². The fraction of sp³-hybridized carbons (Fsp3) is 0.500. The summed E-state index contributed by atoms with van der Waals surface area (Å²) in [6, 6.07) is 2.96. The normalized spacial score (nSPS) is 14.9. The van der Waals surface area contributed by atoms with Crippen molar-refractivity contribution >= 4 is 9.84 Å². The number of nitrogens with two attached hydrogens (primary N) is 1. The monoisotopic (exact) mass is 228 g/mol. The summed E-state index contributed by atoms with van der Waals surface area (Å²) in [5.41, 5.74) is 6.67. The molecule has 15 heavy (non-hydrogen) atoms. The first-order valence-corrected chi connectivity index (χ1v) is 6.51. The standard InChI is InChI=1S/C10H16N2O2S/c1-10(2,15(3,13)14)9(11)8-5-4-6-12-7-8/h4-7,9H,11H2,1-3H3. The fourth-order valence-corrected chi connectivity index (χ4v) is 1.79. The van der Waals surface area contributed by atoms with Crippen molar-refractivity contribution in [1.82, 2.24) is 4.98 Å². The highest BCUT2D eigenvalue weighted by atomic mass is 32.2. The van der Waals surface area contributed by atoms with Crippen LogP contribution in [0.4, 0.5) is 0 Å². The lowest BCUT2D eigenvalue weighted by molar-refractivity contribution is 0.496. The van der Waals surface area contributed by atoms with E-state index in [0.29, 0.717) is 0 Å². The zero-order chi connectivity index (χ0) is 11.7. The van der Waals surface area contributed by atoms with Gasteiger partial charge >= 0.3 is 0 Å². The quantitative estimate of drug-likeness (QED) is 0.834. The van der Waals surface area contributed by atoms with Crippen LogP contribution in [-0.4, -0.2) is 24.4 Å². The lowest BCUT2D eigenvalue weighted by atomic mass is 9.98. The molecule has 0 spiro atoms. The van der Waals surface area contributed by atoms with E-state index in [1.807, 2.05) is 0 Å². The lowest BCUT2D eigenvalue weighted by Gasteiger charge is -2.29. The maximum atomic E-state index is 11.6. The van der Waals surface area contributed by atoms with Gasteiger partial charge in [0, 0.05) is 18.6 Å². The molecule has 1 aromatic rings. The Morgan fingerprint density at radius 2 is 2.07 bits per heavy atom. The van der Waals surface area contributed by atoms with Crippen LogP contribution < -0.4 is 5.73 Å². The number of pyridine rings is 1. The molecule has 0 aromatic carbocycles. The summed E-state index contributed by atoms with van der Waals surface area (Å²) in [6.07, 6.45) is 4.42. The second-order valence-electron chi connectivity index (χ2n) is 4.14. The van der Waals surface area contributed by atoms with E-state index in [2.05, 4.69) is 4.98 Å². The van der Waals surface area contributed by atoms with Gasteiger partial charge in [-0.25, -0.2) is 8.42 Å². The summed E-state index contributed by atoms with van der Waals surface area (Å²) in [5, 5.41) is 0. The third kappa shape index (κ3) is 2.35. The Morgan fingerprint density at radius 3 is 2.47 bits per heavy atom. The lowest BCUT2D eigenvalue weighted by Crippen LogP contribution is -2.42. The summed E-state index contributed by atoms with van der Waals surface area (Å²) in [7, 11) is -3.20. The average Bonchev–Trinajstić information content (AvgIpc) is 2.16. The molecule has 1 rings (SSSR count). The van der Waals surface area contributed by atoms with Crippen molar-refractivity contribution < 1.29 is 8.42 Å². The molecule has 84 valence electrons. The molecule has 0 fully saturated rings. The fourth-order valence-electron chi connectivity index (χ4n) is 1.19. The van der Waals surface area contributed by atoms with Crippen molar-refractivity contribution in [3.63, 3.8) is 0 Å². The number of sulfone groups is 1. The molecule has 2 N–H and O–H groups in total. The van der Waals surface area contributed by atoms with Gasteiger partial charge in [0.15, 0.2) is 9.84 Å². The van der Waals surface area contributed by atoms with E-state index in [-0.39, 0.29) is 0 Å². The van der Waals surface area contributed by atoms with Crippen molar-refractivity contribution in [2.24, 2.45) is 5.73 Å². The first kappa shape index (κ1) is 12.1. The minimum Gasteiger partial charge on any atom is -0.323 e. The van der Waals surface area contributed by atoms with E-state index >= 15 is 0 Å². The molecule has 0 saturated carbocycles. The number of hydrogen-bond donors (Lipinski definition) is 1. The molecule has 1 aromatic heterocycles. The highest BCUT2D eigenvalue weighted by molar-refractivity contribution is 7.92. The molecule has 0 aliphatic heterocycles. The van der Waals surface area contributed by atoms with Crippen molar-refractivity contribution in [2.75, 3.05) is 6.26 Å². The van der Waals surface area contributed by atoms with E-state index in [1.54, 1.807) is 38.4 Å². The largest absolute Gasteiger partial charge is 0.323 e. The van der Waals surface area contributed by atoms with E-state index in [0.717, 1.165) is 5.56 Å². The van der Waals surface area contributed by atoms with E-state index in [4.69, 9.17) is 5.73 Å². The second kappa shape index (κ2) is 3.90. The first-order chi connectivity index (χ1) is 6.77. The Bertz CT molecular complexity index is 426. The predicted octanol–water partition coefficient (Wildman–Crippen LogP) is 0.905. The zero-order valence-corrected chi connectivity index (χ0v) is 9.95. The SMILES string of the molecule is CC(C)(C(N)c1cccnc1)S(C)(=O)=O. The predicted molar refractivity (Wildman–Crippen MR) is 60.1 cm³/mol. The van der Waals surface area contributed by atoms with Crippen LogP contribution >= 0.6 is 0 Å². The van der Waals surface area contributed by atoms with Crippen LogP contribution in [0.5, 0.6) is 0 Å². The van der Waals surface area contributed by atoms with Gasteiger partial charge in [0.2, 0.25) is 0 Å². The van der Waals surface area contributed by atoms with E-state index in [9.17, 15) is 8.42 Å². The maximum Gasteiger partial charge on any atom is 0.154 e. The Labute approximate surface area is 90.4 Å². The molecule has 1 heterocycles. The van der Waals surface area contributed by atoms with Crippen LogP contribution in [0, 0.1) is 0 Å². The minimum absolute atomic E-state index is 0.568. The molecule has 1 unspecified atom stereocenters. The first-order valence-electron chi connectivity index (χ1n) is 4.62. The van der Waals surface area contributed by atoms with Crippen LogP contribution in [-0.2, 0) is 9.84 Å². The molecule has 0 amide bonds. The smallest absolute Gasteiger partial charge is 0.154 e. The molecule has 5 heteroatoms. The zero-order valence-electron chi connectivity index (χ0n) is 9.14. The highest BCUT2D eigenvalue weighted by Crippen LogP contribution is 2.29. The summed E-state index contributed by atoms with van der Waals surface area (Å²) in [6.45, 7) is 3.25. The van der Waals surface area contributed by atoms with Gasteiger partial charge in [0.25, 0.3) is 0 Å². The van der Waals surface area contributed by atoms with Crippen LogP contribution in [0.25, 0.3) is 0 Å². The van der Waals surface area contributed by atoms with Crippen LogP contribution in [0.15, 0.2) is 24.5 Å². The Balaban J connectivity index is 3.11. The summed E-state index contributed by atoms with van der Waals surface area (Å²) >= 11 is 0. The van der Waals surface area contributed by atoms with E-state index < -0.39 is 20.6 Å². The van der Waals surface area contributed by atoms with Gasteiger partial charge in [-0.05, 0) is 25.5 Å². The Kier molecular flexibility index (Phi) is 3.16. The third-order valence-corrected chi connectivity index (χ3v) is 4.91. The number of aromatic nitrogens is 1. The Morgan fingerprint density at radius 1 is 1.47 bits per heavy atom. The van der Waals surface area contributed by atoms with Gasteiger partial charge in [-0.3, -0.25) is 4.98 Å². The molecule has 0 aliphatic carbocycles. The topological polar surface area (TPSA) is 73.0 Å². The van der Waals surface area contributed by atoms with Crippen molar-refractivity contribution in [1.29, 1.82) is 0 Å².